The van der Waals surface area contributed by atoms with Gasteiger partial charge in [0.2, 0.25) is 5.39 Å². The van der Waals surface area contributed by atoms with Crippen molar-refractivity contribution in [3.8, 4) is 0 Å². The number of fused-ring (bicyclic) bond motifs is 1. The largest absolute Gasteiger partial charge is 0.385 e. The Bertz CT molecular complexity index is 647. The van der Waals surface area contributed by atoms with Crippen LogP contribution in [-0.4, -0.2) is 10.2 Å². The number of aromatic nitrogens is 2. The monoisotopic (exact) mass is 189 g/mol. The lowest BCUT2D eigenvalue weighted by atomic mass is 10.2. The average molecular weight is 189 g/mol. The molecule has 1 aromatic carbocycles. The molecule has 0 unspecified atom stereocenters. The number of nitrogens with one attached hydrogen (secondary N) is 2. The molecular formula is C8H5N4O2+. The molecule has 0 aliphatic carbocycles. The van der Waals surface area contributed by atoms with E-state index in [1.54, 1.807) is 0 Å². The molecule has 0 radical (unpaired) electrons. The van der Waals surface area contributed by atoms with Gasteiger partial charge in [-0.25, -0.2) is 0 Å². The first-order valence-electron chi connectivity index (χ1n) is 3.82. The van der Waals surface area contributed by atoms with Crippen LogP contribution in [0.25, 0.3) is 15.7 Å². The van der Waals surface area contributed by atoms with Gasteiger partial charge in [-0.05, 0) is 6.07 Å². The van der Waals surface area contributed by atoms with E-state index in [1.807, 2.05) is 0 Å². The van der Waals surface area contributed by atoms with Crippen LogP contribution < -0.4 is 11.1 Å². The predicted molar refractivity (Wildman–Crippen MR) is 49.9 cm³/mol. The molecule has 0 bridgehead atoms. The van der Waals surface area contributed by atoms with E-state index < -0.39 is 5.56 Å². The molecule has 0 fully saturated rings. The highest BCUT2D eigenvalue weighted by molar-refractivity contribution is 5.83. The van der Waals surface area contributed by atoms with E-state index in [9.17, 15) is 9.59 Å². The van der Waals surface area contributed by atoms with Crippen LogP contribution in [0.4, 0.5) is 5.69 Å². The van der Waals surface area contributed by atoms with Crippen LogP contribution >= 0.6 is 0 Å². The quantitative estimate of drug-likeness (QED) is 0.597. The van der Waals surface area contributed by atoms with Crippen molar-refractivity contribution in [1.82, 2.24) is 10.2 Å². The highest BCUT2D eigenvalue weighted by atomic mass is 16.1. The van der Waals surface area contributed by atoms with Gasteiger partial charge in [0.25, 0.3) is 11.1 Å². The maximum atomic E-state index is 11.3. The zero-order chi connectivity index (χ0) is 10.1. The number of H-pyrrole nitrogens is 2. The number of rotatable bonds is 0. The van der Waals surface area contributed by atoms with Crippen molar-refractivity contribution in [2.75, 3.05) is 0 Å². The number of diazo groups is 1. The van der Waals surface area contributed by atoms with Gasteiger partial charge < -0.3 is 0 Å². The molecule has 1 aromatic heterocycles. The van der Waals surface area contributed by atoms with Crippen molar-refractivity contribution < 1.29 is 0 Å². The van der Waals surface area contributed by atoms with Crippen LogP contribution in [0.2, 0.25) is 0 Å². The van der Waals surface area contributed by atoms with Crippen molar-refractivity contribution >= 4 is 16.5 Å². The number of aromatic amines is 2. The van der Waals surface area contributed by atoms with Gasteiger partial charge in [-0.1, -0.05) is 0 Å². The third kappa shape index (κ3) is 1.08. The van der Waals surface area contributed by atoms with Gasteiger partial charge in [-0.15, -0.1) is 0 Å². The maximum Gasteiger partial charge on any atom is 0.385 e. The normalized spacial score (nSPS) is 9.93. The Kier molecular flexibility index (Phi) is 1.65. The summed E-state index contributed by atoms with van der Waals surface area (Å²) in [6.07, 6.45) is 0. The molecule has 14 heavy (non-hydrogen) atoms. The second kappa shape index (κ2) is 2.81. The molecule has 6 nitrogen and oxygen atoms in total. The Morgan fingerprint density at radius 1 is 1.07 bits per heavy atom. The summed E-state index contributed by atoms with van der Waals surface area (Å²) in [6, 6.07) is 4.21. The lowest BCUT2D eigenvalue weighted by molar-refractivity contribution is 0.977. The van der Waals surface area contributed by atoms with Gasteiger partial charge in [0.1, 0.15) is 0 Å². The van der Waals surface area contributed by atoms with Crippen LogP contribution in [0.15, 0.2) is 27.8 Å². The summed E-state index contributed by atoms with van der Waals surface area (Å²) in [6.45, 7) is 0. The van der Waals surface area contributed by atoms with Crippen molar-refractivity contribution in [2.45, 2.75) is 0 Å². The number of hydrogen-bond donors (Lipinski definition) is 2. The third-order valence-corrected chi connectivity index (χ3v) is 1.90. The number of nitrogens with zero attached hydrogens (tertiary/aromatic N) is 2. The number of hydrogen-bond acceptors (Lipinski definition) is 3. The van der Waals surface area contributed by atoms with Crippen molar-refractivity contribution in [3.63, 3.8) is 0 Å². The van der Waals surface area contributed by atoms with E-state index in [4.69, 9.17) is 5.39 Å². The van der Waals surface area contributed by atoms with E-state index in [0.29, 0.717) is 0 Å². The minimum Gasteiger partial charge on any atom is -0.267 e. The predicted octanol–water partition coefficient (Wildman–Crippen LogP) is 0.701. The van der Waals surface area contributed by atoms with E-state index in [1.165, 1.54) is 18.2 Å². The smallest absolute Gasteiger partial charge is 0.267 e. The van der Waals surface area contributed by atoms with Crippen LogP contribution in [0.5, 0.6) is 0 Å². The summed E-state index contributed by atoms with van der Waals surface area (Å²) in [5.74, 6) is 0. The average Bonchev–Trinajstić information content (AvgIpc) is 2.23. The molecular weight excluding hydrogens is 184 g/mol. The van der Waals surface area contributed by atoms with E-state index in [-0.39, 0.29) is 22.0 Å². The summed E-state index contributed by atoms with van der Waals surface area (Å²) >= 11 is 0. The molecule has 2 N–H and O–H groups in total. The van der Waals surface area contributed by atoms with Crippen LogP contribution in [0.1, 0.15) is 0 Å². The summed E-state index contributed by atoms with van der Waals surface area (Å²) in [5, 5.41) is 13.3. The summed E-state index contributed by atoms with van der Waals surface area (Å²) in [7, 11) is 0. The summed E-state index contributed by atoms with van der Waals surface area (Å²) < 4.78 is 0. The minimum atomic E-state index is -0.426. The van der Waals surface area contributed by atoms with Gasteiger partial charge in [0, 0.05) is 12.1 Å². The zero-order valence-electron chi connectivity index (χ0n) is 6.94. The molecule has 0 amide bonds. The number of benzene rings is 1. The highest BCUT2D eigenvalue weighted by Gasteiger charge is 2.09. The van der Waals surface area contributed by atoms with Crippen molar-refractivity contribution in [3.05, 3.63) is 43.9 Å². The second-order valence-corrected chi connectivity index (χ2v) is 2.74. The zero-order valence-corrected chi connectivity index (χ0v) is 6.94. The Morgan fingerprint density at radius 3 is 2.36 bits per heavy atom. The first kappa shape index (κ1) is 8.19. The molecule has 0 aliphatic rings. The molecule has 2 rings (SSSR count). The summed E-state index contributed by atoms with van der Waals surface area (Å²) in [4.78, 5) is 25.4. The van der Waals surface area contributed by atoms with Gasteiger partial charge >= 0.3 is 5.69 Å². The fourth-order valence-corrected chi connectivity index (χ4v) is 1.23. The van der Waals surface area contributed by atoms with Crippen molar-refractivity contribution in [1.29, 1.82) is 5.39 Å². The van der Waals surface area contributed by atoms with E-state index in [2.05, 4.69) is 15.2 Å². The molecule has 2 aromatic rings. The Labute approximate surface area is 76.8 Å². The SMILES string of the molecule is N#[N+]c1ccc2c(=O)[nH][nH]c(=O)c2c1. The lowest BCUT2D eigenvalue weighted by Crippen LogP contribution is -2.18. The van der Waals surface area contributed by atoms with Crippen LogP contribution in [0.3, 0.4) is 0 Å². The Morgan fingerprint density at radius 2 is 1.71 bits per heavy atom. The third-order valence-electron chi connectivity index (χ3n) is 1.90. The minimum absolute atomic E-state index is 0.198. The summed E-state index contributed by atoms with van der Waals surface area (Å²) in [5.41, 5.74) is -0.581. The van der Waals surface area contributed by atoms with Crippen LogP contribution in [0, 0.1) is 5.39 Å². The van der Waals surface area contributed by atoms with E-state index in [0.717, 1.165) is 0 Å². The fraction of sp³-hybridized carbons (Fsp3) is 0. The fourth-order valence-electron chi connectivity index (χ4n) is 1.23. The van der Waals surface area contributed by atoms with Gasteiger partial charge in [0.05, 0.1) is 10.8 Å². The molecule has 0 spiro atoms. The standard InChI is InChI=1S/C8H4N4O2/c9-10-4-1-2-5-6(3-4)8(14)12-11-7(5)13/h1-3,9H/p+1. The Balaban J connectivity index is 3.04. The van der Waals surface area contributed by atoms with Gasteiger partial charge in [-0.3, -0.25) is 19.8 Å². The topological polar surface area (TPSA) is 93.9 Å². The molecule has 0 aliphatic heterocycles. The molecule has 68 valence electrons. The molecule has 0 saturated carbocycles. The maximum absolute atomic E-state index is 11.3. The highest BCUT2D eigenvalue weighted by Crippen LogP contribution is 2.15. The second-order valence-electron chi connectivity index (χ2n) is 2.74. The lowest BCUT2D eigenvalue weighted by Gasteiger charge is -1.91. The van der Waals surface area contributed by atoms with E-state index >= 15 is 0 Å². The van der Waals surface area contributed by atoms with Gasteiger partial charge in [0.15, 0.2) is 4.98 Å². The molecule has 0 atom stereocenters. The van der Waals surface area contributed by atoms with Crippen LogP contribution in [-0.2, 0) is 0 Å². The molecule has 6 heteroatoms. The first-order valence-corrected chi connectivity index (χ1v) is 3.82. The first-order chi connectivity index (χ1) is 6.72. The Hall–Kier alpha value is -2.42. The molecule has 0 saturated heterocycles. The van der Waals surface area contributed by atoms with Gasteiger partial charge in [-0.2, -0.15) is 0 Å². The molecule has 1 heterocycles. The van der Waals surface area contributed by atoms with Crippen molar-refractivity contribution in [2.24, 2.45) is 0 Å².